The molecular weight excluding hydrogens is 841 g/mol. The lowest BCUT2D eigenvalue weighted by Gasteiger charge is -2.49. The summed E-state index contributed by atoms with van der Waals surface area (Å²) < 4.78 is 0. The normalized spacial score (nSPS) is 31.2. The van der Waals surface area contributed by atoms with Gasteiger partial charge in [-0.1, -0.05) is 58.4 Å². The predicted molar refractivity (Wildman–Crippen MR) is 227 cm³/mol. The first-order chi connectivity index (χ1) is 29.8. The number of H-pyrrole nitrogens is 1. The monoisotopic (exact) mass is 896 g/mol. The minimum Gasteiger partial charge on any atom is -0.394 e. The van der Waals surface area contributed by atoms with Crippen molar-refractivity contribution in [2.75, 3.05) is 26.2 Å². The summed E-state index contributed by atoms with van der Waals surface area (Å²) in [6, 6.07) is -0.699. The Bertz CT molecular complexity index is 2180. The molecule has 0 saturated carbocycles. The number of hydrogen-bond acceptors (Lipinski definition) is 13. The molecule has 2 bridgehead atoms. The first-order valence-corrected chi connectivity index (χ1v) is 21.8. The number of aromatic nitrogens is 1. The highest BCUT2D eigenvalue weighted by Gasteiger charge is 2.52. The molecule has 1 unspecified atom stereocenters. The van der Waals surface area contributed by atoms with Gasteiger partial charge in [-0.3, -0.25) is 38.4 Å². The van der Waals surface area contributed by atoms with Crippen molar-refractivity contribution in [2.24, 2.45) is 17.1 Å². The Hall–Kier alpha value is -5.71. The van der Waals surface area contributed by atoms with Crippen molar-refractivity contribution in [3.63, 3.8) is 0 Å². The van der Waals surface area contributed by atoms with Gasteiger partial charge in [0.1, 0.15) is 30.2 Å². The average Bonchev–Trinajstić information content (AvgIpc) is 3.81. The van der Waals surface area contributed by atoms with Gasteiger partial charge in [0.15, 0.2) is 0 Å². The predicted octanol–water partition coefficient (Wildman–Crippen LogP) is -3.51. The number of fused-ring (bicyclic) bond motifs is 6. The molecule has 1 saturated heterocycles. The lowest BCUT2D eigenvalue weighted by molar-refractivity contribution is -0.143. The van der Waals surface area contributed by atoms with Crippen molar-refractivity contribution < 1.29 is 53.7 Å². The fraction of sp³-hybridized carbons (Fsp3) is 0.561. The molecule has 1 fully saturated rings. The van der Waals surface area contributed by atoms with E-state index < -0.39 is 138 Å². The Balaban J connectivity index is 1.53. The van der Waals surface area contributed by atoms with Gasteiger partial charge in [-0.15, -0.1) is 11.8 Å². The number of rotatable bonds is 6. The number of nitrogens with one attached hydrogen (secondary N) is 8. The molecule has 13 N–H and O–H groups in total. The van der Waals surface area contributed by atoms with E-state index in [0.717, 1.165) is 16.7 Å². The Morgan fingerprint density at radius 2 is 1.63 bits per heavy atom. The number of aliphatic hydroxyl groups excluding tert-OH is 3. The molecule has 11 atom stereocenters. The van der Waals surface area contributed by atoms with Crippen LogP contribution in [0.4, 0.5) is 0 Å². The van der Waals surface area contributed by atoms with Crippen LogP contribution in [-0.4, -0.2) is 152 Å². The summed E-state index contributed by atoms with van der Waals surface area (Å²) >= 11 is 1.13. The number of carbonyl (C=O) groups excluding carboxylic acids is 8. The molecule has 1 aromatic heterocycles. The van der Waals surface area contributed by atoms with Crippen LogP contribution in [0.1, 0.15) is 52.5 Å². The molecule has 8 amide bonds. The zero-order valence-corrected chi connectivity index (χ0v) is 36.2. The minimum absolute atomic E-state index is 0.0668. The Morgan fingerprint density at radius 1 is 0.952 bits per heavy atom. The number of carbonyl (C=O) groups is 8. The van der Waals surface area contributed by atoms with Gasteiger partial charge in [0, 0.05) is 46.7 Å². The summed E-state index contributed by atoms with van der Waals surface area (Å²) in [5.41, 5.74) is 5.74. The molecule has 0 radical (unpaired) electrons. The number of para-hydroxylation sites is 1. The van der Waals surface area contributed by atoms with Crippen LogP contribution >= 0.6 is 11.8 Å². The molecular formula is C41H56N10O11S. The maximum atomic E-state index is 14.4. The molecule has 6 rings (SSSR count). The van der Waals surface area contributed by atoms with Crippen LogP contribution in [0.2, 0.25) is 0 Å². The number of benzene rings is 1. The van der Waals surface area contributed by atoms with Crippen molar-refractivity contribution in [3.05, 3.63) is 41.6 Å². The molecule has 63 heavy (non-hydrogen) atoms. The molecule has 342 valence electrons. The van der Waals surface area contributed by atoms with Gasteiger partial charge in [-0.2, -0.15) is 0 Å². The number of hydrogen-bond donors (Lipinski definition) is 12. The third-order valence-corrected chi connectivity index (χ3v) is 13.6. The summed E-state index contributed by atoms with van der Waals surface area (Å²) in [7, 11) is 0. The fourth-order valence-electron chi connectivity index (χ4n) is 8.45. The molecule has 0 spiro atoms. The molecule has 4 aliphatic rings. The second-order valence-electron chi connectivity index (χ2n) is 16.8. The zero-order chi connectivity index (χ0) is 45.9. The summed E-state index contributed by atoms with van der Waals surface area (Å²) in [5.74, 6) is -6.92. The van der Waals surface area contributed by atoms with E-state index in [0.29, 0.717) is 27.9 Å². The number of thioether (sulfide) groups is 1. The fourth-order valence-corrected chi connectivity index (χ4v) is 9.66. The molecule has 1 aromatic carbocycles. The van der Waals surface area contributed by atoms with Crippen LogP contribution < -0.4 is 43.0 Å². The van der Waals surface area contributed by atoms with Crippen LogP contribution in [0.25, 0.3) is 10.9 Å². The van der Waals surface area contributed by atoms with Gasteiger partial charge in [0.25, 0.3) is 0 Å². The van der Waals surface area contributed by atoms with Gasteiger partial charge < -0.3 is 68.2 Å². The van der Waals surface area contributed by atoms with Gasteiger partial charge >= 0.3 is 0 Å². The van der Waals surface area contributed by atoms with Crippen molar-refractivity contribution in [1.29, 1.82) is 0 Å². The number of nitrogens with two attached hydrogens (primary N) is 1. The lowest BCUT2D eigenvalue weighted by Crippen LogP contribution is -2.65. The summed E-state index contributed by atoms with van der Waals surface area (Å²) in [6.45, 7) is 4.48. The molecule has 3 aliphatic heterocycles. The van der Waals surface area contributed by atoms with Crippen LogP contribution in [0.15, 0.2) is 41.1 Å². The van der Waals surface area contributed by atoms with Crippen LogP contribution in [0.3, 0.4) is 0 Å². The average molecular weight is 897 g/mol. The van der Waals surface area contributed by atoms with Gasteiger partial charge in [0.2, 0.25) is 47.3 Å². The highest BCUT2D eigenvalue weighted by Crippen LogP contribution is 2.42. The van der Waals surface area contributed by atoms with E-state index >= 15 is 0 Å². The van der Waals surface area contributed by atoms with E-state index in [4.69, 9.17) is 5.73 Å². The second-order valence-corrected chi connectivity index (χ2v) is 18.2. The molecule has 22 heteroatoms. The van der Waals surface area contributed by atoms with Crippen molar-refractivity contribution in [3.8, 4) is 0 Å². The summed E-state index contributed by atoms with van der Waals surface area (Å²) in [5, 5.41) is 51.3. The third kappa shape index (κ3) is 10.1. The number of amides is 8. The Morgan fingerprint density at radius 3 is 2.32 bits per heavy atom. The number of aromatic amines is 1. The Kier molecular flexibility index (Phi) is 14.4. The van der Waals surface area contributed by atoms with Crippen LogP contribution in [0, 0.1) is 11.3 Å². The number of primary amides is 1. The maximum absolute atomic E-state index is 14.4. The van der Waals surface area contributed by atoms with Crippen LogP contribution in [-0.2, 0) is 44.8 Å². The standard InChI is InChI=1S/C41H56N10O11S/c1-5-18(2)32-37(60)44-15-31(57)49-33-19(3)63-39-22(21-8-6-7-9-23(21)47-39)11-24(35(58)43-14-30(56)48-32)45-26-13-41(4,28(54)17-52)34(26)50-36(59)27-10-20(53)16-51(27)40(62)25(12-29(42)55)46-38(33)61/h6-9,13,18-20,24-25,27-28,32-34,45,47,52-54H,5,10-12,14-17H2,1-4H3,(H2,42,55)(H,43,58)(H,44,60)(H,46,61)(H,48,56)(H,49,57)(H,50,59)/t18-,19-,20+,24+,25-,27-,28-,32-,33-,34+,41?/m0/s1. The van der Waals surface area contributed by atoms with E-state index in [1.54, 1.807) is 52.0 Å². The van der Waals surface area contributed by atoms with Gasteiger partial charge in [-0.25, -0.2) is 0 Å². The van der Waals surface area contributed by atoms with Crippen LogP contribution in [0.5, 0.6) is 0 Å². The van der Waals surface area contributed by atoms with Gasteiger partial charge in [-0.05, 0) is 17.5 Å². The van der Waals surface area contributed by atoms with Crippen molar-refractivity contribution >= 4 is 69.9 Å². The first kappa shape index (κ1) is 46.8. The summed E-state index contributed by atoms with van der Waals surface area (Å²) in [6.07, 6.45) is -1.65. The molecule has 4 heterocycles. The molecule has 1 aliphatic carbocycles. The first-order valence-electron chi connectivity index (χ1n) is 20.9. The largest absolute Gasteiger partial charge is 0.394 e. The SMILES string of the molecule is CC[C@H](C)[C@@H]1NC(=O)CNC(=O)[C@H]2Cc3c([nH]c4ccccc34)S[C@@H](C)[C@H](NC(=O)CNC1=O)C(=O)N[C@@H](CC(N)=O)C(=O)N1C[C@H](O)C[C@H]1C(=O)N[C@@H]1C(=CC1(C)[C@@H](O)CO)N2. The Labute approximate surface area is 366 Å². The minimum atomic E-state index is -1.67. The second kappa shape index (κ2) is 19.4. The third-order valence-electron chi connectivity index (χ3n) is 12.3. The highest BCUT2D eigenvalue weighted by atomic mass is 32.2. The van der Waals surface area contributed by atoms with E-state index in [1.165, 1.54) is 0 Å². The van der Waals surface area contributed by atoms with Crippen molar-refractivity contribution in [2.45, 2.75) is 112 Å². The topological polar surface area (TPSA) is 327 Å². The smallest absolute Gasteiger partial charge is 0.246 e. The molecule has 21 nitrogen and oxygen atoms in total. The van der Waals surface area contributed by atoms with E-state index in [9.17, 15) is 53.7 Å². The number of nitrogens with zero attached hydrogens (tertiary/aromatic N) is 1. The van der Waals surface area contributed by atoms with E-state index in [1.807, 2.05) is 6.07 Å². The van der Waals surface area contributed by atoms with E-state index in [-0.39, 0.29) is 25.1 Å². The number of aliphatic hydroxyl groups is 3. The van der Waals surface area contributed by atoms with Crippen molar-refractivity contribution in [1.82, 2.24) is 47.1 Å². The lowest BCUT2D eigenvalue weighted by atomic mass is 9.66. The molecule has 2 aromatic rings. The summed E-state index contributed by atoms with van der Waals surface area (Å²) in [4.78, 5) is 115. The van der Waals surface area contributed by atoms with E-state index in [2.05, 4.69) is 42.2 Å². The zero-order valence-electron chi connectivity index (χ0n) is 35.4. The quantitative estimate of drug-likeness (QED) is 0.134. The van der Waals surface area contributed by atoms with Gasteiger partial charge in [0.05, 0.1) is 49.4 Å². The maximum Gasteiger partial charge on any atom is 0.246 e. The highest BCUT2D eigenvalue weighted by molar-refractivity contribution is 8.00.